The molecule has 0 heterocycles. The van der Waals surface area contributed by atoms with Gasteiger partial charge in [-0.15, -0.1) is 23.8 Å². The van der Waals surface area contributed by atoms with Crippen LogP contribution >= 0.6 is 23.8 Å². The zero-order valence-electron chi connectivity index (χ0n) is 15.1. The third-order valence-electron chi connectivity index (χ3n) is 2.09. The van der Waals surface area contributed by atoms with Crippen molar-refractivity contribution < 1.29 is 44.8 Å². The van der Waals surface area contributed by atoms with E-state index in [1.807, 2.05) is 0 Å². The first-order valence-corrected chi connectivity index (χ1v) is 13.3. The fourth-order valence-corrected chi connectivity index (χ4v) is 8.22. The Labute approximate surface area is 165 Å². The van der Waals surface area contributed by atoms with Crippen molar-refractivity contribution in [1.82, 2.24) is 0 Å². The molecular formula is C15H27O4P3Zr. The van der Waals surface area contributed by atoms with E-state index in [0.29, 0.717) is 5.41 Å². The second kappa shape index (κ2) is 31.0. The maximum Gasteiger partial charge on any atom is 0 e. The third kappa shape index (κ3) is 39.7. The van der Waals surface area contributed by atoms with Crippen LogP contribution in [0.4, 0.5) is 0 Å². The molecule has 0 aliphatic carbocycles. The monoisotopic (exact) mass is 454 g/mol. The molecule has 23 heavy (non-hydrogen) atoms. The molecule has 0 aliphatic rings. The predicted molar refractivity (Wildman–Crippen MR) is 94.7 cm³/mol. The molecule has 0 fully saturated rings. The zero-order valence-corrected chi connectivity index (χ0v) is 20.2. The second-order valence-corrected chi connectivity index (χ2v) is 13.0. The quantitative estimate of drug-likeness (QED) is 0.329. The Bertz CT molecular complexity index is 250. The molecule has 0 saturated carbocycles. The predicted octanol–water partition coefficient (Wildman–Crippen LogP) is 4.06. The van der Waals surface area contributed by atoms with E-state index in [1.54, 1.807) is 0 Å². The minimum atomic E-state index is 0. The Balaban J connectivity index is -0.0000000695. The molecule has 0 aromatic rings. The summed E-state index contributed by atoms with van der Waals surface area (Å²) in [5.74, 6) is 0. The molecule has 0 unspecified atom stereocenters. The van der Waals surface area contributed by atoms with Crippen LogP contribution in [0.5, 0.6) is 0 Å². The van der Waals surface area contributed by atoms with E-state index < -0.39 is 0 Å². The van der Waals surface area contributed by atoms with Gasteiger partial charge in [-0.25, -0.2) is 0 Å². The standard InChI is InChI=1S/C11H27P3.4CO.Zr/c1-11(8-12(2)3,9-13(4)5)10-14(6)7;4*1-2;/h8-10H2,1-7H3;;;;;. The van der Waals surface area contributed by atoms with E-state index in [0.717, 1.165) is 0 Å². The first-order valence-electron chi connectivity index (χ1n) is 6.01. The molecule has 0 spiro atoms. The molecule has 0 aromatic heterocycles. The van der Waals surface area contributed by atoms with Crippen molar-refractivity contribution in [3.63, 3.8) is 0 Å². The Morgan fingerprint density at radius 3 is 0.783 bits per heavy atom. The van der Waals surface area contributed by atoms with E-state index in [1.165, 1.54) is 18.5 Å². The summed E-state index contributed by atoms with van der Waals surface area (Å²) in [6.07, 6.45) is 4.43. The summed E-state index contributed by atoms with van der Waals surface area (Å²) in [6, 6.07) is 0. The van der Waals surface area contributed by atoms with E-state index in [9.17, 15) is 0 Å². The van der Waals surface area contributed by atoms with Crippen LogP contribution in [0.3, 0.4) is 0 Å². The summed E-state index contributed by atoms with van der Waals surface area (Å²) in [5, 5.41) is 0. The Morgan fingerprint density at radius 2 is 0.696 bits per heavy atom. The normalized spacial score (nSPS) is 8.43. The molecule has 0 N–H and O–H groups in total. The van der Waals surface area contributed by atoms with Gasteiger partial charge in [0.05, 0.1) is 0 Å². The van der Waals surface area contributed by atoms with Crippen LogP contribution < -0.4 is 0 Å². The van der Waals surface area contributed by atoms with Gasteiger partial charge in [-0.3, -0.25) is 0 Å². The molecule has 0 amide bonds. The molecule has 0 bridgehead atoms. The maximum absolute atomic E-state index is 7.50. The topological polar surface area (TPSA) is 79.6 Å². The van der Waals surface area contributed by atoms with Crippen molar-refractivity contribution in [1.29, 1.82) is 0 Å². The summed E-state index contributed by atoms with van der Waals surface area (Å²) in [5.41, 5.74) is 0.652. The first kappa shape index (κ1) is 39.3. The molecule has 0 radical (unpaired) electrons. The van der Waals surface area contributed by atoms with Crippen LogP contribution in [0.25, 0.3) is 0 Å². The number of hydrogen-bond donors (Lipinski definition) is 0. The Morgan fingerprint density at radius 1 is 0.565 bits per heavy atom. The fourth-order valence-electron chi connectivity index (χ4n) is 2.44. The smallest absolute Gasteiger partial charge is 0 e. The minimum absolute atomic E-state index is 0. The zero-order chi connectivity index (χ0) is 19.4. The van der Waals surface area contributed by atoms with Crippen LogP contribution in [0.1, 0.15) is 6.92 Å². The van der Waals surface area contributed by atoms with Crippen molar-refractivity contribution in [2.24, 2.45) is 5.41 Å². The van der Waals surface area contributed by atoms with Crippen LogP contribution in [-0.4, -0.2) is 58.5 Å². The van der Waals surface area contributed by atoms with E-state index in [2.05, 4.69) is 73.5 Å². The van der Waals surface area contributed by atoms with Gasteiger partial charge in [-0.05, 0) is 63.9 Å². The van der Waals surface area contributed by atoms with Gasteiger partial charge in [0, 0.05) is 26.2 Å². The fraction of sp³-hybridized carbons (Fsp3) is 0.733. The minimum Gasteiger partial charge on any atom is 0 e. The van der Waals surface area contributed by atoms with Gasteiger partial charge >= 0.3 is 45.2 Å². The van der Waals surface area contributed by atoms with Crippen molar-refractivity contribution in [2.45, 2.75) is 6.92 Å². The molecule has 0 atom stereocenters. The second-order valence-electron chi connectivity index (χ2n) is 5.52. The summed E-state index contributed by atoms with van der Waals surface area (Å²) >= 11 is 0. The Kier molecular flexibility index (Phi) is 52.9. The van der Waals surface area contributed by atoms with Gasteiger partial charge in [0.1, 0.15) is 0 Å². The van der Waals surface area contributed by atoms with Crippen LogP contribution in [-0.2, 0) is 44.8 Å². The van der Waals surface area contributed by atoms with E-state index >= 15 is 0 Å². The van der Waals surface area contributed by atoms with Gasteiger partial charge in [0.15, 0.2) is 0 Å². The Hall–Kier alpha value is 1.13. The average Bonchev–Trinajstić information content (AvgIpc) is 2.44. The molecule has 8 heteroatoms. The van der Waals surface area contributed by atoms with Crippen molar-refractivity contribution in [3.05, 3.63) is 26.6 Å². The SMILES string of the molecule is CP(C)CC(C)(CP(C)C)CP(C)C.[C-]#[O+].[C-]#[O+].[C-]#[O+].[C-]#[O+].[Zr]. The number of rotatable bonds is 6. The van der Waals surface area contributed by atoms with Gasteiger partial charge in [0.25, 0.3) is 0 Å². The molecule has 130 valence electrons. The van der Waals surface area contributed by atoms with E-state index in [4.69, 9.17) is 18.6 Å². The van der Waals surface area contributed by atoms with Crippen LogP contribution in [0.15, 0.2) is 0 Å². The van der Waals surface area contributed by atoms with Crippen molar-refractivity contribution in [2.75, 3.05) is 58.5 Å². The summed E-state index contributed by atoms with van der Waals surface area (Å²) in [6.45, 7) is 35.1. The van der Waals surface area contributed by atoms with Crippen molar-refractivity contribution >= 4 is 23.8 Å². The maximum atomic E-state index is 7.50. The third-order valence-corrected chi connectivity index (χ3v) is 6.28. The van der Waals surface area contributed by atoms with Crippen LogP contribution in [0, 0.1) is 32.0 Å². The average molecular weight is 456 g/mol. The molecule has 0 saturated heterocycles. The van der Waals surface area contributed by atoms with E-state index in [-0.39, 0.29) is 50.0 Å². The largest absolute Gasteiger partial charge is 0 e. The van der Waals surface area contributed by atoms with Gasteiger partial charge in [-0.1, -0.05) is 6.92 Å². The molecule has 4 nitrogen and oxygen atoms in total. The van der Waals surface area contributed by atoms with Gasteiger partial charge in [0.2, 0.25) is 0 Å². The van der Waals surface area contributed by atoms with Gasteiger partial charge in [-0.2, -0.15) is 0 Å². The summed E-state index contributed by atoms with van der Waals surface area (Å²) < 4.78 is 30.0. The molecule has 0 rings (SSSR count). The van der Waals surface area contributed by atoms with Crippen molar-refractivity contribution in [3.8, 4) is 0 Å². The van der Waals surface area contributed by atoms with Gasteiger partial charge < -0.3 is 0 Å². The van der Waals surface area contributed by atoms with Crippen LogP contribution in [0.2, 0.25) is 0 Å². The number of hydrogen-bond acceptors (Lipinski definition) is 0. The molecular weight excluding hydrogens is 428 g/mol. The summed E-state index contributed by atoms with van der Waals surface area (Å²) in [4.78, 5) is 0. The molecule has 0 aliphatic heterocycles. The molecule has 0 aromatic carbocycles. The first-order chi connectivity index (χ1) is 10.2. The summed E-state index contributed by atoms with van der Waals surface area (Å²) in [7, 11) is 0.813.